The number of thioether (sulfide) groups is 2. The molecule has 2 unspecified atom stereocenters. The van der Waals surface area contributed by atoms with Crippen molar-refractivity contribution in [3.8, 4) is 0 Å². The van der Waals surface area contributed by atoms with Crippen LogP contribution in [-0.4, -0.2) is 27.8 Å². The lowest BCUT2D eigenvalue weighted by molar-refractivity contribution is 0.0993. The maximum Gasteiger partial charge on any atom is 0.188 e. The molecule has 1 aromatic rings. The van der Waals surface area contributed by atoms with E-state index in [9.17, 15) is 4.79 Å². The van der Waals surface area contributed by atoms with Gasteiger partial charge in [0.1, 0.15) is 0 Å². The van der Waals surface area contributed by atoms with Crippen molar-refractivity contribution in [2.75, 3.05) is 11.5 Å². The van der Waals surface area contributed by atoms with Crippen molar-refractivity contribution in [2.45, 2.75) is 17.4 Å². The van der Waals surface area contributed by atoms with E-state index in [1.807, 2.05) is 17.1 Å². The zero-order valence-corrected chi connectivity index (χ0v) is 11.4. The first-order valence-corrected chi connectivity index (χ1v) is 8.06. The van der Waals surface area contributed by atoms with Crippen molar-refractivity contribution in [1.82, 2.24) is 0 Å². The Bertz CT molecular complexity index is 363. The van der Waals surface area contributed by atoms with Crippen LogP contribution in [0.3, 0.4) is 0 Å². The monoisotopic (exact) mass is 278 g/mol. The Kier molecular flexibility index (Phi) is 4.04. The van der Waals surface area contributed by atoms with Gasteiger partial charge in [-0.05, 0) is 11.4 Å². The third-order valence-electron chi connectivity index (χ3n) is 2.29. The number of halogens is 1. The molecule has 82 valence electrons. The van der Waals surface area contributed by atoms with E-state index in [0.717, 1.165) is 16.4 Å². The zero-order chi connectivity index (χ0) is 10.8. The van der Waals surface area contributed by atoms with Gasteiger partial charge in [0.25, 0.3) is 0 Å². The van der Waals surface area contributed by atoms with Crippen LogP contribution in [0.1, 0.15) is 16.6 Å². The topological polar surface area (TPSA) is 17.1 Å². The molecule has 0 aliphatic carbocycles. The van der Waals surface area contributed by atoms with Gasteiger partial charge in [-0.25, -0.2) is 0 Å². The molecule has 0 amide bonds. The zero-order valence-electron chi connectivity index (χ0n) is 8.23. The number of ketones is 1. The third-order valence-corrected chi connectivity index (χ3v) is 6.73. The predicted octanol–water partition coefficient (Wildman–Crippen LogP) is 3.82. The molecule has 2 rings (SSSR count). The largest absolute Gasteiger partial charge is 0.292 e. The van der Waals surface area contributed by atoms with Gasteiger partial charge in [0.2, 0.25) is 0 Å². The van der Waals surface area contributed by atoms with Crippen molar-refractivity contribution in [1.29, 1.82) is 0 Å². The van der Waals surface area contributed by atoms with Gasteiger partial charge in [-0.2, -0.15) is 11.8 Å². The van der Waals surface area contributed by atoms with E-state index in [1.165, 1.54) is 11.3 Å². The van der Waals surface area contributed by atoms with Crippen molar-refractivity contribution < 1.29 is 4.79 Å². The number of carbonyl (C=O) groups is 1. The average Bonchev–Trinajstić information content (AvgIpc) is 2.64. The fraction of sp³-hybridized carbons (Fsp3) is 0.500. The van der Waals surface area contributed by atoms with Crippen LogP contribution in [0.25, 0.3) is 0 Å². The van der Waals surface area contributed by atoms with Crippen LogP contribution in [-0.2, 0) is 0 Å². The molecule has 1 aliphatic rings. The Morgan fingerprint density at radius 1 is 1.47 bits per heavy atom. The lowest BCUT2D eigenvalue weighted by Gasteiger charge is -2.26. The van der Waals surface area contributed by atoms with Crippen molar-refractivity contribution in [3.05, 3.63) is 21.3 Å². The van der Waals surface area contributed by atoms with Crippen LogP contribution >= 0.6 is 46.5 Å². The van der Waals surface area contributed by atoms with E-state index in [0.29, 0.717) is 10.3 Å². The highest BCUT2D eigenvalue weighted by Crippen LogP contribution is 2.35. The van der Waals surface area contributed by atoms with Gasteiger partial charge in [-0.15, -0.1) is 23.1 Å². The van der Waals surface area contributed by atoms with Crippen LogP contribution in [0.15, 0.2) is 11.4 Å². The summed E-state index contributed by atoms with van der Waals surface area (Å²) in [5, 5.41) is 2.96. The number of rotatable bonds is 2. The summed E-state index contributed by atoms with van der Waals surface area (Å²) in [6, 6.07) is 1.80. The summed E-state index contributed by atoms with van der Waals surface area (Å²) in [6.45, 7) is 2.13. The molecule has 5 heteroatoms. The minimum atomic E-state index is 0.0832. The molecule has 2 heterocycles. The molecule has 1 saturated heterocycles. The molecular weight excluding hydrogens is 268 g/mol. The molecule has 1 aromatic heterocycles. The normalized spacial score (nSPS) is 26.5. The summed E-state index contributed by atoms with van der Waals surface area (Å²) in [5.41, 5.74) is 0. The van der Waals surface area contributed by atoms with Gasteiger partial charge in [-0.3, -0.25) is 4.79 Å². The Morgan fingerprint density at radius 2 is 2.20 bits per heavy atom. The Balaban J connectivity index is 2.17. The highest BCUT2D eigenvalue weighted by molar-refractivity contribution is 8.07. The fourth-order valence-electron chi connectivity index (χ4n) is 1.52. The summed E-state index contributed by atoms with van der Waals surface area (Å²) in [5.74, 6) is 2.42. The number of Topliss-reactive ketones (excluding diaryl/α,β-unsaturated/α-hetero) is 1. The van der Waals surface area contributed by atoms with Crippen LogP contribution in [0.2, 0.25) is 5.02 Å². The van der Waals surface area contributed by atoms with E-state index in [1.54, 1.807) is 17.8 Å². The van der Waals surface area contributed by atoms with Crippen molar-refractivity contribution in [2.24, 2.45) is 0 Å². The molecular formula is C10H11ClOS3. The first-order chi connectivity index (χ1) is 7.20. The molecule has 1 nitrogen and oxygen atoms in total. The number of thiophene rings is 1. The van der Waals surface area contributed by atoms with E-state index in [-0.39, 0.29) is 11.0 Å². The van der Waals surface area contributed by atoms with Gasteiger partial charge < -0.3 is 0 Å². The summed E-state index contributed by atoms with van der Waals surface area (Å²) < 4.78 is 0. The van der Waals surface area contributed by atoms with E-state index >= 15 is 0 Å². The highest BCUT2D eigenvalue weighted by atomic mass is 35.5. The highest BCUT2D eigenvalue weighted by Gasteiger charge is 2.31. The summed E-state index contributed by atoms with van der Waals surface area (Å²) in [7, 11) is 0. The molecule has 15 heavy (non-hydrogen) atoms. The molecule has 0 radical (unpaired) electrons. The number of hydrogen-bond acceptors (Lipinski definition) is 4. The first kappa shape index (κ1) is 11.8. The summed E-state index contributed by atoms with van der Waals surface area (Å²) in [4.78, 5) is 12.9. The molecule has 0 saturated carbocycles. The molecule has 1 aliphatic heterocycles. The average molecular weight is 279 g/mol. The molecule has 0 N–H and O–H groups in total. The second kappa shape index (κ2) is 5.13. The van der Waals surface area contributed by atoms with Crippen LogP contribution in [0, 0.1) is 0 Å². The molecule has 2 atom stereocenters. The van der Waals surface area contributed by atoms with Crippen molar-refractivity contribution >= 4 is 52.2 Å². The molecule has 0 spiro atoms. The Hall–Kier alpha value is 0.360. The Morgan fingerprint density at radius 3 is 2.80 bits per heavy atom. The second-order valence-corrected chi connectivity index (χ2v) is 7.39. The van der Waals surface area contributed by atoms with Gasteiger partial charge in [-0.1, -0.05) is 18.5 Å². The lowest BCUT2D eigenvalue weighted by Crippen LogP contribution is -2.30. The minimum absolute atomic E-state index is 0.0832. The van der Waals surface area contributed by atoms with E-state index < -0.39 is 0 Å². The minimum Gasteiger partial charge on any atom is -0.292 e. The smallest absolute Gasteiger partial charge is 0.188 e. The Labute approximate surface area is 107 Å². The SMILES string of the molecule is CC1SCCSC1C(=O)c1sccc1Cl. The van der Waals surface area contributed by atoms with Gasteiger partial charge in [0.05, 0.1) is 15.1 Å². The third kappa shape index (κ3) is 2.54. The van der Waals surface area contributed by atoms with Crippen molar-refractivity contribution in [3.63, 3.8) is 0 Å². The quantitative estimate of drug-likeness (QED) is 0.766. The second-order valence-electron chi connectivity index (χ2n) is 3.33. The summed E-state index contributed by atoms with van der Waals surface area (Å²) in [6.07, 6.45) is 0. The van der Waals surface area contributed by atoms with Gasteiger partial charge in [0, 0.05) is 16.8 Å². The maximum absolute atomic E-state index is 12.2. The molecule has 0 aromatic carbocycles. The van der Waals surface area contributed by atoms with Crippen LogP contribution in [0.5, 0.6) is 0 Å². The number of hydrogen-bond donors (Lipinski definition) is 0. The standard InChI is InChI=1S/C10H11ClOS3/c1-6-9(15-5-4-13-6)8(12)10-7(11)2-3-14-10/h2-3,6,9H,4-5H2,1H3. The maximum atomic E-state index is 12.2. The van der Waals surface area contributed by atoms with Gasteiger partial charge in [0.15, 0.2) is 5.78 Å². The lowest BCUT2D eigenvalue weighted by atomic mass is 10.2. The molecule has 0 bridgehead atoms. The summed E-state index contributed by atoms with van der Waals surface area (Å²) >= 11 is 11.1. The predicted molar refractivity (Wildman–Crippen MR) is 71.8 cm³/mol. The van der Waals surface area contributed by atoms with Gasteiger partial charge >= 0.3 is 0 Å². The first-order valence-electron chi connectivity index (χ1n) is 4.70. The molecule has 1 fully saturated rings. The van der Waals surface area contributed by atoms with Crippen LogP contribution < -0.4 is 0 Å². The fourth-order valence-corrected chi connectivity index (χ4v) is 5.43. The van der Waals surface area contributed by atoms with E-state index in [4.69, 9.17) is 11.6 Å². The number of carbonyl (C=O) groups excluding carboxylic acids is 1. The van der Waals surface area contributed by atoms with E-state index in [2.05, 4.69) is 6.92 Å². The van der Waals surface area contributed by atoms with Crippen LogP contribution in [0.4, 0.5) is 0 Å².